The van der Waals surface area contributed by atoms with Crippen molar-refractivity contribution in [2.75, 3.05) is 5.73 Å². The van der Waals surface area contributed by atoms with E-state index in [-0.39, 0.29) is 10.6 Å². The van der Waals surface area contributed by atoms with Gasteiger partial charge in [-0.05, 0) is 30.7 Å². The van der Waals surface area contributed by atoms with Gasteiger partial charge in [-0.15, -0.1) is 0 Å². The number of rotatable bonds is 2. The third-order valence-electron chi connectivity index (χ3n) is 2.59. The lowest BCUT2D eigenvalue weighted by molar-refractivity contribution is 0.596. The molecule has 0 atom stereocenters. The SMILES string of the molecule is Cc1ccccc1S(=O)(=O)c1ccccc1N. The predicted octanol–water partition coefficient (Wildman–Crippen LogP) is 2.41. The second kappa shape index (κ2) is 4.22. The summed E-state index contributed by atoms with van der Waals surface area (Å²) in [4.78, 5) is 0.465. The van der Waals surface area contributed by atoms with Crippen molar-refractivity contribution in [1.82, 2.24) is 0 Å². The van der Waals surface area contributed by atoms with Gasteiger partial charge in [-0.2, -0.15) is 0 Å². The van der Waals surface area contributed by atoms with Crippen molar-refractivity contribution < 1.29 is 8.42 Å². The molecule has 3 nitrogen and oxygen atoms in total. The largest absolute Gasteiger partial charge is 0.398 e. The highest BCUT2D eigenvalue weighted by Crippen LogP contribution is 2.27. The van der Waals surface area contributed by atoms with Gasteiger partial charge >= 0.3 is 0 Å². The van der Waals surface area contributed by atoms with Gasteiger partial charge in [-0.1, -0.05) is 30.3 Å². The van der Waals surface area contributed by atoms with Gasteiger partial charge in [0.05, 0.1) is 15.5 Å². The van der Waals surface area contributed by atoms with Gasteiger partial charge in [-0.25, -0.2) is 8.42 Å². The van der Waals surface area contributed by atoms with Crippen molar-refractivity contribution in [1.29, 1.82) is 0 Å². The van der Waals surface area contributed by atoms with Crippen molar-refractivity contribution in [2.45, 2.75) is 16.7 Å². The molecule has 0 bridgehead atoms. The molecule has 2 rings (SSSR count). The van der Waals surface area contributed by atoms with E-state index in [1.54, 1.807) is 43.3 Å². The lowest BCUT2D eigenvalue weighted by Crippen LogP contribution is -2.06. The minimum atomic E-state index is -3.53. The number of nitrogen functional groups attached to an aromatic ring is 1. The summed E-state index contributed by atoms with van der Waals surface area (Å²) < 4.78 is 24.8. The molecule has 88 valence electrons. The van der Waals surface area contributed by atoms with Crippen LogP contribution in [-0.4, -0.2) is 8.42 Å². The first-order valence-electron chi connectivity index (χ1n) is 5.18. The zero-order valence-electron chi connectivity index (χ0n) is 9.42. The molecule has 0 aliphatic carbocycles. The van der Waals surface area contributed by atoms with Crippen LogP contribution in [0.5, 0.6) is 0 Å². The fourth-order valence-electron chi connectivity index (χ4n) is 1.70. The molecule has 0 radical (unpaired) electrons. The summed E-state index contributed by atoms with van der Waals surface area (Å²) in [5.41, 5.74) is 6.71. The Kier molecular flexibility index (Phi) is 2.90. The van der Waals surface area contributed by atoms with Gasteiger partial charge < -0.3 is 5.73 Å². The first kappa shape index (κ1) is 11.7. The normalized spacial score (nSPS) is 11.4. The maximum atomic E-state index is 12.4. The molecule has 0 spiro atoms. The highest BCUT2D eigenvalue weighted by Gasteiger charge is 2.21. The van der Waals surface area contributed by atoms with Crippen molar-refractivity contribution in [3.63, 3.8) is 0 Å². The monoisotopic (exact) mass is 247 g/mol. The molecule has 0 saturated carbocycles. The molecular formula is C13H13NO2S. The Labute approximate surface area is 101 Å². The summed E-state index contributed by atoms with van der Waals surface area (Å²) in [7, 11) is -3.53. The van der Waals surface area contributed by atoms with Crippen LogP contribution in [0.15, 0.2) is 58.3 Å². The van der Waals surface area contributed by atoms with Crippen LogP contribution in [0.1, 0.15) is 5.56 Å². The van der Waals surface area contributed by atoms with Crippen LogP contribution in [0.3, 0.4) is 0 Å². The highest BCUT2D eigenvalue weighted by molar-refractivity contribution is 7.91. The summed E-state index contributed by atoms with van der Waals surface area (Å²) >= 11 is 0. The number of sulfone groups is 1. The van der Waals surface area contributed by atoms with E-state index >= 15 is 0 Å². The molecule has 4 heteroatoms. The lowest BCUT2D eigenvalue weighted by Gasteiger charge is -2.09. The number of hydrogen-bond donors (Lipinski definition) is 1. The standard InChI is InChI=1S/C13H13NO2S/c1-10-6-2-4-8-12(10)17(15,16)13-9-5-3-7-11(13)14/h2-9H,14H2,1H3. The fraction of sp³-hybridized carbons (Fsp3) is 0.0769. The van der Waals surface area contributed by atoms with E-state index in [1.807, 2.05) is 6.07 Å². The van der Waals surface area contributed by atoms with Crippen LogP contribution in [-0.2, 0) is 9.84 Å². The summed E-state index contributed by atoms with van der Waals surface area (Å²) in [5.74, 6) is 0. The predicted molar refractivity (Wildman–Crippen MR) is 67.5 cm³/mol. The number of aryl methyl sites for hydroxylation is 1. The molecule has 0 aromatic heterocycles. The summed E-state index contributed by atoms with van der Waals surface area (Å²) in [6.07, 6.45) is 0. The quantitative estimate of drug-likeness (QED) is 0.829. The molecule has 0 aliphatic heterocycles. The Balaban J connectivity index is 2.67. The van der Waals surface area contributed by atoms with Crippen LogP contribution in [0, 0.1) is 6.92 Å². The Hall–Kier alpha value is -1.81. The molecule has 0 fully saturated rings. The van der Waals surface area contributed by atoms with E-state index in [2.05, 4.69) is 0 Å². The molecule has 0 aliphatic rings. The second-order valence-electron chi connectivity index (χ2n) is 3.81. The molecule has 17 heavy (non-hydrogen) atoms. The number of anilines is 1. The fourth-order valence-corrected chi connectivity index (χ4v) is 3.32. The third-order valence-corrected chi connectivity index (χ3v) is 4.58. The average Bonchev–Trinajstić information content (AvgIpc) is 2.29. The van der Waals surface area contributed by atoms with Crippen molar-refractivity contribution >= 4 is 15.5 Å². The molecular weight excluding hydrogens is 234 g/mol. The van der Waals surface area contributed by atoms with E-state index in [0.29, 0.717) is 4.90 Å². The van der Waals surface area contributed by atoms with Crippen LogP contribution in [0.4, 0.5) is 5.69 Å². The van der Waals surface area contributed by atoms with Crippen LogP contribution in [0.2, 0.25) is 0 Å². The Morgan fingerprint density at radius 1 is 0.882 bits per heavy atom. The first-order chi connectivity index (χ1) is 8.03. The van der Waals surface area contributed by atoms with E-state index in [9.17, 15) is 8.42 Å². The topological polar surface area (TPSA) is 60.2 Å². The Morgan fingerprint density at radius 3 is 2.00 bits per heavy atom. The maximum absolute atomic E-state index is 12.4. The molecule has 2 aromatic carbocycles. The van der Waals surface area contributed by atoms with E-state index in [1.165, 1.54) is 6.07 Å². The Morgan fingerprint density at radius 2 is 1.41 bits per heavy atom. The zero-order chi connectivity index (χ0) is 12.5. The van der Waals surface area contributed by atoms with E-state index in [4.69, 9.17) is 5.73 Å². The summed E-state index contributed by atoms with van der Waals surface area (Å²) in [6, 6.07) is 13.4. The highest BCUT2D eigenvalue weighted by atomic mass is 32.2. The summed E-state index contributed by atoms with van der Waals surface area (Å²) in [6.45, 7) is 1.77. The van der Waals surface area contributed by atoms with Gasteiger partial charge in [-0.3, -0.25) is 0 Å². The average molecular weight is 247 g/mol. The zero-order valence-corrected chi connectivity index (χ0v) is 10.2. The third kappa shape index (κ3) is 2.03. The van der Waals surface area contributed by atoms with Crippen LogP contribution >= 0.6 is 0 Å². The molecule has 0 saturated heterocycles. The van der Waals surface area contributed by atoms with Crippen LogP contribution < -0.4 is 5.73 Å². The second-order valence-corrected chi connectivity index (χ2v) is 5.69. The molecule has 0 amide bonds. The van der Waals surface area contributed by atoms with Gasteiger partial charge in [0, 0.05) is 0 Å². The van der Waals surface area contributed by atoms with Gasteiger partial charge in [0.25, 0.3) is 0 Å². The van der Waals surface area contributed by atoms with Gasteiger partial charge in [0.1, 0.15) is 0 Å². The van der Waals surface area contributed by atoms with Crippen molar-refractivity contribution in [3.05, 3.63) is 54.1 Å². The van der Waals surface area contributed by atoms with Crippen molar-refractivity contribution in [2.24, 2.45) is 0 Å². The lowest BCUT2D eigenvalue weighted by atomic mass is 10.2. The maximum Gasteiger partial charge on any atom is 0.208 e. The minimum Gasteiger partial charge on any atom is -0.398 e. The van der Waals surface area contributed by atoms with Gasteiger partial charge in [0.15, 0.2) is 0 Å². The number of hydrogen-bond acceptors (Lipinski definition) is 3. The number of nitrogens with two attached hydrogens (primary N) is 1. The minimum absolute atomic E-state index is 0.161. The Bertz CT molecular complexity index is 596. The molecule has 0 unspecified atom stereocenters. The van der Waals surface area contributed by atoms with E-state index in [0.717, 1.165) is 5.56 Å². The molecule has 2 aromatic rings. The van der Waals surface area contributed by atoms with Crippen molar-refractivity contribution in [3.8, 4) is 0 Å². The number of para-hydroxylation sites is 1. The first-order valence-corrected chi connectivity index (χ1v) is 6.67. The number of benzene rings is 2. The smallest absolute Gasteiger partial charge is 0.208 e. The van der Waals surface area contributed by atoms with Crippen LogP contribution in [0.25, 0.3) is 0 Å². The molecule has 2 N–H and O–H groups in total. The van der Waals surface area contributed by atoms with E-state index < -0.39 is 9.84 Å². The van der Waals surface area contributed by atoms with Gasteiger partial charge in [0.2, 0.25) is 9.84 Å². The molecule has 0 heterocycles. The summed E-state index contributed by atoms with van der Waals surface area (Å²) in [5, 5.41) is 0.